The molecule has 3 nitrogen and oxygen atoms in total. The van der Waals surface area contributed by atoms with E-state index in [1.54, 1.807) is 12.3 Å². The van der Waals surface area contributed by atoms with Crippen molar-refractivity contribution in [3.8, 4) is 0 Å². The summed E-state index contributed by atoms with van der Waals surface area (Å²) in [6.07, 6.45) is 14.7. The van der Waals surface area contributed by atoms with Crippen molar-refractivity contribution in [2.45, 2.75) is 33.6 Å². The van der Waals surface area contributed by atoms with Gasteiger partial charge in [-0.15, -0.1) is 0 Å². The van der Waals surface area contributed by atoms with Crippen molar-refractivity contribution in [1.29, 1.82) is 0 Å². The molecule has 0 bridgehead atoms. The van der Waals surface area contributed by atoms with E-state index in [9.17, 15) is 0 Å². The van der Waals surface area contributed by atoms with Gasteiger partial charge in [0.15, 0.2) is 0 Å². The highest BCUT2D eigenvalue weighted by atomic mass is 14.9. The summed E-state index contributed by atoms with van der Waals surface area (Å²) in [6.45, 7) is 13.6. The molecular weight excluding hydrogens is 390 g/mol. The van der Waals surface area contributed by atoms with Crippen LogP contribution in [-0.4, -0.2) is 6.21 Å². The van der Waals surface area contributed by atoms with Crippen molar-refractivity contribution in [1.82, 2.24) is 0 Å². The Morgan fingerprint density at radius 1 is 1.00 bits per heavy atom. The average Bonchev–Trinajstić information content (AvgIpc) is 3.65. The van der Waals surface area contributed by atoms with Gasteiger partial charge >= 0.3 is 0 Å². The summed E-state index contributed by atoms with van der Waals surface area (Å²) in [5.74, 6) is 0.909. The number of benzene rings is 2. The Bertz CT molecular complexity index is 1020. The van der Waals surface area contributed by atoms with Gasteiger partial charge in [0, 0.05) is 23.3 Å². The summed E-state index contributed by atoms with van der Waals surface area (Å²) in [7, 11) is 0. The van der Waals surface area contributed by atoms with Gasteiger partial charge < -0.3 is 11.1 Å². The monoisotopic (exact) mass is 425 g/mol. The van der Waals surface area contributed by atoms with Gasteiger partial charge in [-0.05, 0) is 80.5 Å². The summed E-state index contributed by atoms with van der Waals surface area (Å²) >= 11 is 0. The molecule has 0 unspecified atom stereocenters. The predicted octanol–water partition coefficient (Wildman–Crippen LogP) is 7.90. The molecule has 32 heavy (non-hydrogen) atoms. The number of hydrogen-bond donors (Lipinski definition) is 2. The second kappa shape index (κ2) is 13.0. The standard InChI is InChI=1S/C20H21N3.C9H14/c1-4-13-22-20(5-2)16-9-11-18(12-10-16)23-19-8-6-7-17(14-19)15(3)21;1-3-5-8(4-2)9-6-7-9/h4-14,23H,1,3,21H2,2H3;3-5,9H,6-7H2,1-2H3/b20-5-,22-13?;5-3-,8-4+. The minimum Gasteiger partial charge on any atom is -0.399 e. The minimum absolute atomic E-state index is 0.557. The summed E-state index contributed by atoms with van der Waals surface area (Å²) in [4.78, 5) is 4.35. The molecule has 0 amide bonds. The topological polar surface area (TPSA) is 50.4 Å². The second-order valence-corrected chi connectivity index (χ2v) is 7.56. The molecule has 166 valence electrons. The predicted molar refractivity (Wildman–Crippen MR) is 143 cm³/mol. The van der Waals surface area contributed by atoms with Gasteiger partial charge in [-0.3, -0.25) is 4.99 Å². The molecule has 0 atom stereocenters. The lowest BCUT2D eigenvalue weighted by atomic mass is 10.1. The van der Waals surface area contributed by atoms with E-state index >= 15 is 0 Å². The third kappa shape index (κ3) is 7.92. The van der Waals surface area contributed by atoms with Gasteiger partial charge in [-0.1, -0.05) is 67.8 Å². The Balaban J connectivity index is 0.000000336. The van der Waals surface area contributed by atoms with Crippen LogP contribution < -0.4 is 11.1 Å². The van der Waals surface area contributed by atoms with E-state index < -0.39 is 0 Å². The number of rotatable bonds is 8. The van der Waals surface area contributed by atoms with Gasteiger partial charge in [-0.25, -0.2) is 0 Å². The lowest BCUT2D eigenvalue weighted by Crippen LogP contribution is -1.96. The summed E-state index contributed by atoms with van der Waals surface area (Å²) in [5, 5.41) is 3.36. The molecule has 3 N–H and O–H groups in total. The molecule has 0 spiro atoms. The molecule has 1 fully saturated rings. The highest BCUT2D eigenvalue weighted by Crippen LogP contribution is 2.36. The number of nitrogens with two attached hydrogens (primary N) is 1. The van der Waals surface area contributed by atoms with Crippen LogP contribution >= 0.6 is 0 Å². The molecule has 0 heterocycles. The number of nitrogens with one attached hydrogen (secondary N) is 1. The van der Waals surface area contributed by atoms with Crippen LogP contribution in [0.25, 0.3) is 11.4 Å². The third-order valence-corrected chi connectivity index (χ3v) is 5.04. The van der Waals surface area contributed by atoms with Crippen molar-refractivity contribution in [2.75, 3.05) is 5.32 Å². The molecule has 1 saturated carbocycles. The largest absolute Gasteiger partial charge is 0.399 e. The fraction of sp³-hybridized carbons (Fsp3) is 0.207. The Morgan fingerprint density at radius 2 is 1.72 bits per heavy atom. The van der Waals surface area contributed by atoms with Gasteiger partial charge in [0.1, 0.15) is 0 Å². The van der Waals surface area contributed by atoms with Crippen molar-refractivity contribution in [2.24, 2.45) is 16.6 Å². The van der Waals surface area contributed by atoms with Crippen LogP contribution in [-0.2, 0) is 0 Å². The zero-order valence-electron chi connectivity index (χ0n) is 19.5. The van der Waals surface area contributed by atoms with Gasteiger partial charge in [0.25, 0.3) is 0 Å². The molecule has 2 aromatic carbocycles. The van der Waals surface area contributed by atoms with Crippen LogP contribution in [0.4, 0.5) is 11.4 Å². The molecule has 3 rings (SSSR count). The smallest absolute Gasteiger partial charge is 0.0659 e. The van der Waals surface area contributed by atoms with Crippen molar-refractivity contribution >= 4 is 29.0 Å². The van der Waals surface area contributed by atoms with E-state index in [1.807, 2.05) is 61.5 Å². The molecule has 0 aliphatic heterocycles. The zero-order valence-corrected chi connectivity index (χ0v) is 19.5. The minimum atomic E-state index is 0.557. The molecule has 0 saturated heterocycles. The fourth-order valence-corrected chi connectivity index (χ4v) is 3.21. The number of allylic oxidation sites excluding steroid dienone is 6. The number of anilines is 2. The first kappa shape index (κ1) is 24.7. The molecule has 3 heteroatoms. The van der Waals surface area contributed by atoms with E-state index in [-0.39, 0.29) is 0 Å². The fourth-order valence-electron chi connectivity index (χ4n) is 3.21. The normalized spacial score (nSPS) is 14.2. The molecular formula is C29H35N3. The Hall–Kier alpha value is -3.59. The first-order valence-electron chi connectivity index (χ1n) is 11.0. The van der Waals surface area contributed by atoms with E-state index in [2.05, 4.69) is 55.5 Å². The quantitative estimate of drug-likeness (QED) is 0.333. The zero-order chi connectivity index (χ0) is 23.3. The number of nitrogens with zero attached hydrogens (tertiary/aromatic N) is 1. The van der Waals surface area contributed by atoms with E-state index in [1.165, 1.54) is 18.4 Å². The van der Waals surface area contributed by atoms with Crippen LogP contribution in [0.2, 0.25) is 0 Å². The van der Waals surface area contributed by atoms with Gasteiger partial charge in [-0.2, -0.15) is 0 Å². The lowest BCUT2D eigenvalue weighted by Gasteiger charge is -2.09. The van der Waals surface area contributed by atoms with Crippen LogP contribution in [0.1, 0.15) is 44.7 Å². The maximum Gasteiger partial charge on any atom is 0.0659 e. The average molecular weight is 426 g/mol. The first-order chi connectivity index (χ1) is 15.5. The second-order valence-electron chi connectivity index (χ2n) is 7.56. The molecule has 1 aliphatic carbocycles. The molecule has 1 aliphatic rings. The number of aliphatic imine (C=N–C) groups is 1. The Labute approximate surface area is 193 Å². The van der Waals surface area contributed by atoms with Crippen LogP contribution in [0.3, 0.4) is 0 Å². The number of hydrogen-bond acceptors (Lipinski definition) is 3. The Morgan fingerprint density at radius 3 is 2.25 bits per heavy atom. The summed E-state index contributed by atoms with van der Waals surface area (Å²) < 4.78 is 0. The maximum atomic E-state index is 5.74. The van der Waals surface area contributed by atoms with Crippen molar-refractivity contribution in [3.05, 3.63) is 109 Å². The van der Waals surface area contributed by atoms with Crippen molar-refractivity contribution in [3.63, 3.8) is 0 Å². The van der Waals surface area contributed by atoms with E-state index in [0.717, 1.165) is 34.1 Å². The SMILES string of the molecule is C/C=C\C(=C/C)C1CC1.C=CC=N/C(=C\C)c1ccc(Nc2cccc(C(=C)N)c2)cc1. The highest BCUT2D eigenvalue weighted by Gasteiger charge is 2.23. The Kier molecular flexibility index (Phi) is 9.99. The van der Waals surface area contributed by atoms with Crippen LogP contribution in [0.5, 0.6) is 0 Å². The molecule has 0 aromatic heterocycles. The molecule has 0 radical (unpaired) electrons. The van der Waals surface area contributed by atoms with Gasteiger partial charge in [0.2, 0.25) is 0 Å². The summed E-state index contributed by atoms with van der Waals surface area (Å²) in [6, 6.07) is 16.0. The van der Waals surface area contributed by atoms with Crippen molar-refractivity contribution < 1.29 is 0 Å². The van der Waals surface area contributed by atoms with Crippen LogP contribution in [0, 0.1) is 5.92 Å². The van der Waals surface area contributed by atoms with E-state index in [4.69, 9.17) is 5.73 Å². The lowest BCUT2D eigenvalue weighted by molar-refractivity contribution is 1.04. The summed E-state index contributed by atoms with van der Waals surface area (Å²) in [5.41, 5.74) is 12.7. The highest BCUT2D eigenvalue weighted by molar-refractivity contribution is 5.80. The van der Waals surface area contributed by atoms with E-state index in [0.29, 0.717) is 5.70 Å². The van der Waals surface area contributed by atoms with Gasteiger partial charge in [0.05, 0.1) is 5.70 Å². The third-order valence-electron chi connectivity index (χ3n) is 5.04. The maximum absolute atomic E-state index is 5.74. The first-order valence-corrected chi connectivity index (χ1v) is 11.0. The van der Waals surface area contributed by atoms with Crippen LogP contribution in [0.15, 0.2) is 103 Å². The molecule has 2 aromatic rings.